The monoisotopic (exact) mass is 178 g/mol. The summed E-state index contributed by atoms with van der Waals surface area (Å²) in [5.41, 5.74) is 0. The van der Waals surface area contributed by atoms with Gasteiger partial charge in [0, 0.05) is 0 Å². The Kier molecular flexibility index (Phi) is 113. The Bertz CT molecular complexity index is 73.6. The fourth-order valence-corrected chi connectivity index (χ4v) is 0. The highest BCUT2D eigenvalue weighted by Gasteiger charge is 1.74. The summed E-state index contributed by atoms with van der Waals surface area (Å²) in [5.74, 6) is -4.37. The molecule has 9 heteroatoms. The van der Waals surface area contributed by atoms with E-state index in [-0.39, 0.29) is 27.4 Å². The van der Waals surface area contributed by atoms with Crippen molar-refractivity contribution >= 4 is 11.9 Å². The zero-order valence-electron chi connectivity index (χ0n) is 5.13. The average molecular weight is 178 g/mol. The van der Waals surface area contributed by atoms with Crippen molar-refractivity contribution in [3.63, 3.8) is 0 Å². The van der Waals surface area contributed by atoms with Crippen molar-refractivity contribution in [2.24, 2.45) is 0 Å². The second kappa shape index (κ2) is 23.3. The number of rotatable bonds is 0. The van der Waals surface area contributed by atoms with Crippen molar-refractivity contribution in [1.29, 1.82) is 0 Å². The van der Waals surface area contributed by atoms with Crippen LogP contribution in [0.2, 0.25) is 0 Å². The van der Waals surface area contributed by atoms with Gasteiger partial charge in [-0.05, 0) is 0 Å². The molecule has 0 aliphatic rings. The first kappa shape index (κ1) is 53.2. The first-order chi connectivity index (χ1) is 2.64. The fraction of sp³-hybridized carbons (Fsp3) is 0. The van der Waals surface area contributed by atoms with Crippen LogP contribution in [0.1, 0.15) is 0 Å². The van der Waals surface area contributed by atoms with E-state index in [4.69, 9.17) is 19.8 Å². The summed E-state index contributed by atoms with van der Waals surface area (Å²) >= 11 is 0. The molecule has 0 atom stereocenters. The van der Waals surface area contributed by atoms with Crippen LogP contribution in [-0.2, 0) is 9.59 Å². The number of carboxylic acid groups (broad SMARTS) is 2. The fourth-order valence-electron chi connectivity index (χ4n) is 0. The molecule has 0 saturated carbocycles. The zero-order chi connectivity index (χ0) is 5.15. The molecular formula is C2H10O9-2. The molecule has 0 rings (SSSR count). The maximum Gasteiger partial charge on any atom is 0.0870 e. The number of carbonyl (C=O) groups is 2. The highest BCUT2D eigenvalue weighted by molar-refractivity contribution is 6.25. The van der Waals surface area contributed by atoms with Crippen molar-refractivity contribution in [1.82, 2.24) is 0 Å². The minimum absolute atomic E-state index is 0. The summed E-state index contributed by atoms with van der Waals surface area (Å²) in [6.45, 7) is 0. The molecule has 0 aliphatic heterocycles. The number of hydrogen-bond acceptors (Lipinski definition) is 4. The van der Waals surface area contributed by atoms with Crippen LogP contribution in [0.15, 0.2) is 0 Å². The van der Waals surface area contributed by atoms with E-state index in [1.165, 1.54) is 0 Å². The van der Waals surface area contributed by atoms with Gasteiger partial charge in [0.15, 0.2) is 0 Å². The van der Waals surface area contributed by atoms with Gasteiger partial charge < -0.3 is 47.2 Å². The molecule has 0 aromatic heterocycles. The van der Waals surface area contributed by atoms with E-state index in [1.54, 1.807) is 0 Å². The normalized spacial score (nSPS) is 4.00. The summed E-state index contributed by atoms with van der Waals surface area (Å²) in [6.07, 6.45) is 0. The quantitative estimate of drug-likeness (QED) is 0.328. The Labute approximate surface area is 60.4 Å². The maximum atomic E-state index is 8.93. The lowest BCUT2D eigenvalue weighted by Crippen LogP contribution is -2.42. The highest BCUT2D eigenvalue weighted by Crippen LogP contribution is 1.41. The van der Waals surface area contributed by atoms with Crippen LogP contribution in [0.3, 0.4) is 0 Å². The molecule has 0 spiro atoms. The van der Waals surface area contributed by atoms with Gasteiger partial charge in [-0.15, -0.1) is 0 Å². The van der Waals surface area contributed by atoms with E-state index >= 15 is 0 Å². The third-order valence-electron chi connectivity index (χ3n) is 0.167. The number of hydrogen-bond donors (Lipinski definition) is 0. The number of carboxylic acids is 2. The van der Waals surface area contributed by atoms with E-state index in [2.05, 4.69) is 0 Å². The molecule has 74 valence electrons. The largest absolute Gasteiger partial charge is 0.543 e. The van der Waals surface area contributed by atoms with E-state index in [0.29, 0.717) is 0 Å². The molecular weight excluding hydrogens is 168 g/mol. The minimum Gasteiger partial charge on any atom is -0.543 e. The first-order valence-corrected chi connectivity index (χ1v) is 1.07. The highest BCUT2D eigenvalue weighted by atomic mass is 16.4. The van der Waals surface area contributed by atoms with E-state index in [9.17, 15) is 0 Å². The second-order valence-electron chi connectivity index (χ2n) is 0.575. The predicted octanol–water partition coefficient (Wildman–Crippen LogP) is -7.64. The van der Waals surface area contributed by atoms with Crippen molar-refractivity contribution in [2.45, 2.75) is 0 Å². The molecule has 0 saturated heterocycles. The summed E-state index contributed by atoms with van der Waals surface area (Å²) in [5, 5.41) is 17.9. The SMILES string of the molecule is O.O.O.O.O.O=C([O-])C(=O)[O-]. The van der Waals surface area contributed by atoms with Gasteiger partial charge in [0.1, 0.15) is 0 Å². The van der Waals surface area contributed by atoms with Crippen LogP contribution < -0.4 is 10.2 Å². The maximum absolute atomic E-state index is 8.93. The van der Waals surface area contributed by atoms with E-state index < -0.39 is 11.9 Å². The van der Waals surface area contributed by atoms with Crippen LogP contribution in [0.5, 0.6) is 0 Å². The van der Waals surface area contributed by atoms with Gasteiger partial charge in [-0.2, -0.15) is 0 Å². The Hall–Kier alpha value is -1.26. The van der Waals surface area contributed by atoms with Gasteiger partial charge >= 0.3 is 0 Å². The van der Waals surface area contributed by atoms with Gasteiger partial charge in [0.2, 0.25) is 0 Å². The van der Waals surface area contributed by atoms with Crippen molar-refractivity contribution in [3.8, 4) is 0 Å². The summed E-state index contributed by atoms with van der Waals surface area (Å²) in [6, 6.07) is 0. The van der Waals surface area contributed by atoms with Crippen LogP contribution >= 0.6 is 0 Å². The molecule has 0 amide bonds. The molecule has 0 heterocycles. The molecule has 0 aromatic carbocycles. The van der Waals surface area contributed by atoms with Crippen molar-refractivity contribution in [3.05, 3.63) is 0 Å². The minimum atomic E-state index is -2.19. The molecule has 0 fully saturated rings. The van der Waals surface area contributed by atoms with Gasteiger partial charge in [0.05, 0.1) is 11.9 Å². The molecule has 0 bridgehead atoms. The standard InChI is InChI=1S/C2H2O4.5H2O/c3-1(4)2(5)6;;;;;/h(H,3,4)(H,5,6);5*1H2/p-2. The van der Waals surface area contributed by atoms with E-state index in [0.717, 1.165) is 0 Å². The lowest BCUT2D eigenvalue weighted by molar-refractivity contribution is -0.345. The average Bonchev–Trinajstić information content (AvgIpc) is 1.36. The van der Waals surface area contributed by atoms with Crippen LogP contribution in [0.25, 0.3) is 0 Å². The Morgan fingerprint density at radius 1 is 0.636 bits per heavy atom. The van der Waals surface area contributed by atoms with Crippen molar-refractivity contribution < 1.29 is 47.2 Å². The molecule has 11 heavy (non-hydrogen) atoms. The Morgan fingerprint density at radius 2 is 0.727 bits per heavy atom. The third kappa shape index (κ3) is 52.9. The Balaban J connectivity index is -0.0000000125. The second-order valence-corrected chi connectivity index (χ2v) is 0.575. The molecule has 10 N–H and O–H groups in total. The van der Waals surface area contributed by atoms with Crippen molar-refractivity contribution in [2.75, 3.05) is 0 Å². The van der Waals surface area contributed by atoms with Gasteiger partial charge in [-0.25, -0.2) is 0 Å². The molecule has 0 aliphatic carbocycles. The lowest BCUT2D eigenvalue weighted by atomic mass is 10.7. The topological polar surface area (TPSA) is 238 Å². The molecule has 9 nitrogen and oxygen atoms in total. The number of carbonyl (C=O) groups excluding carboxylic acids is 2. The van der Waals surface area contributed by atoms with Gasteiger partial charge in [0.25, 0.3) is 0 Å². The van der Waals surface area contributed by atoms with Crippen LogP contribution in [-0.4, -0.2) is 39.3 Å². The molecule has 0 unspecified atom stereocenters. The molecule has 0 radical (unpaired) electrons. The smallest absolute Gasteiger partial charge is 0.0870 e. The summed E-state index contributed by atoms with van der Waals surface area (Å²) in [4.78, 5) is 17.9. The van der Waals surface area contributed by atoms with Crippen LogP contribution in [0.4, 0.5) is 0 Å². The molecule has 0 aromatic rings. The van der Waals surface area contributed by atoms with Crippen LogP contribution in [0, 0.1) is 0 Å². The Morgan fingerprint density at radius 3 is 0.727 bits per heavy atom. The summed E-state index contributed by atoms with van der Waals surface area (Å²) in [7, 11) is 0. The summed E-state index contributed by atoms with van der Waals surface area (Å²) < 4.78 is 0. The van der Waals surface area contributed by atoms with E-state index in [1.807, 2.05) is 0 Å². The third-order valence-corrected chi connectivity index (χ3v) is 0.167. The van der Waals surface area contributed by atoms with Gasteiger partial charge in [-0.3, -0.25) is 0 Å². The number of aliphatic carboxylic acids is 2. The zero-order valence-corrected chi connectivity index (χ0v) is 5.13. The predicted molar refractivity (Wildman–Crippen MR) is 28.1 cm³/mol. The first-order valence-electron chi connectivity index (χ1n) is 1.07. The lowest BCUT2D eigenvalue weighted by Gasteiger charge is -1.97. The van der Waals surface area contributed by atoms with Gasteiger partial charge in [-0.1, -0.05) is 0 Å².